The summed E-state index contributed by atoms with van der Waals surface area (Å²) < 4.78 is 40.0. The Labute approximate surface area is 136 Å². The molecule has 2 amide bonds. The second-order valence-corrected chi connectivity index (χ2v) is 5.67. The summed E-state index contributed by atoms with van der Waals surface area (Å²) >= 11 is 0. The van der Waals surface area contributed by atoms with E-state index in [1.165, 1.54) is 30.0 Å². The fraction of sp³-hybridized carbons (Fsp3) is 0.294. The van der Waals surface area contributed by atoms with Gasteiger partial charge in [0.15, 0.2) is 5.78 Å². The maximum Gasteiger partial charge on any atom is 0.416 e. The quantitative estimate of drug-likeness (QED) is 0.897. The van der Waals surface area contributed by atoms with Crippen molar-refractivity contribution in [1.29, 1.82) is 0 Å². The Morgan fingerprint density at radius 2 is 2.00 bits per heavy atom. The molecular formula is C17H15F3N2O2. The number of nitrogens with one attached hydrogen (secondary N) is 1. The van der Waals surface area contributed by atoms with E-state index < -0.39 is 23.8 Å². The van der Waals surface area contributed by atoms with E-state index in [2.05, 4.69) is 5.32 Å². The summed E-state index contributed by atoms with van der Waals surface area (Å²) in [6.45, 7) is 1.69. The van der Waals surface area contributed by atoms with Crippen molar-refractivity contribution >= 4 is 11.8 Å². The number of hydrogen-bond acceptors (Lipinski definition) is 2. The van der Waals surface area contributed by atoms with Gasteiger partial charge in [-0.3, -0.25) is 9.69 Å². The molecule has 3 rings (SSSR count). The van der Waals surface area contributed by atoms with Gasteiger partial charge in [-0.2, -0.15) is 13.2 Å². The molecule has 1 aromatic carbocycles. The predicted molar refractivity (Wildman–Crippen MR) is 80.9 cm³/mol. The van der Waals surface area contributed by atoms with E-state index in [1.54, 1.807) is 12.2 Å². The Bertz CT molecular complexity index is 765. The van der Waals surface area contributed by atoms with E-state index in [-0.39, 0.29) is 16.9 Å². The zero-order valence-corrected chi connectivity index (χ0v) is 12.9. The monoisotopic (exact) mass is 336 g/mol. The molecule has 0 fully saturated rings. The smallest absolute Gasteiger partial charge is 0.327 e. The topological polar surface area (TPSA) is 49.4 Å². The van der Waals surface area contributed by atoms with Gasteiger partial charge < -0.3 is 5.32 Å². The number of Topliss-reactive ketones (excluding diaryl/α,β-unsaturated/α-hetero) is 1. The lowest BCUT2D eigenvalue weighted by Crippen LogP contribution is -2.49. The molecule has 0 saturated heterocycles. The molecule has 0 saturated carbocycles. The van der Waals surface area contributed by atoms with Crippen molar-refractivity contribution in [2.75, 3.05) is 6.54 Å². The lowest BCUT2D eigenvalue weighted by Gasteiger charge is -2.37. The summed E-state index contributed by atoms with van der Waals surface area (Å²) in [6.07, 6.45) is -0.512. The maximum atomic E-state index is 13.3. The van der Waals surface area contributed by atoms with Gasteiger partial charge in [-0.1, -0.05) is 24.3 Å². The number of alkyl halides is 3. The molecule has 1 atom stereocenters. The van der Waals surface area contributed by atoms with Crippen molar-refractivity contribution < 1.29 is 22.8 Å². The molecule has 2 aliphatic rings. The number of allylic oxidation sites excluding steroid dienone is 1. The summed E-state index contributed by atoms with van der Waals surface area (Å²) in [7, 11) is 0. The molecule has 1 unspecified atom stereocenters. The Hall–Kier alpha value is -2.57. The molecule has 4 nitrogen and oxygen atoms in total. The molecule has 126 valence electrons. The molecule has 2 aliphatic heterocycles. The highest BCUT2D eigenvalue weighted by Gasteiger charge is 2.41. The fourth-order valence-corrected chi connectivity index (χ4v) is 3.10. The lowest BCUT2D eigenvalue weighted by atomic mass is 9.88. The van der Waals surface area contributed by atoms with E-state index in [9.17, 15) is 22.8 Å². The van der Waals surface area contributed by atoms with Gasteiger partial charge in [0.1, 0.15) is 0 Å². The van der Waals surface area contributed by atoms with Crippen LogP contribution in [0.15, 0.2) is 47.7 Å². The average molecular weight is 336 g/mol. The summed E-state index contributed by atoms with van der Waals surface area (Å²) in [5, 5.41) is 2.55. The van der Waals surface area contributed by atoms with Crippen LogP contribution in [0.4, 0.5) is 18.0 Å². The Morgan fingerprint density at radius 1 is 1.29 bits per heavy atom. The molecule has 0 spiro atoms. The summed E-state index contributed by atoms with van der Waals surface area (Å²) in [6, 6.07) is 3.36. The third-order valence-corrected chi connectivity index (χ3v) is 4.12. The van der Waals surface area contributed by atoms with Gasteiger partial charge in [0.05, 0.1) is 17.3 Å². The van der Waals surface area contributed by atoms with Gasteiger partial charge in [0.2, 0.25) is 0 Å². The molecule has 24 heavy (non-hydrogen) atoms. The fourth-order valence-electron chi connectivity index (χ4n) is 3.10. The highest BCUT2D eigenvalue weighted by molar-refractivity contribution is 5.99. The van der Waals surface area contributed by atoms with E-state index in [0.717, 1.165) is 6.07 Å². The van der Waals surface area contributed by atoms with Crippen LogP contribution in [0.2, 0.25) is 0 Å². The van der Waals surface area contributed by atoms with E-state index in [0.29, 0.717) is 18.7 Å². The first-order chi connectivity index (χ1) is 11.3. The number of hydrogen-bond donors (Lipinski definition) is 1. The van der Waals surface area contributed by atoms with Crippen molar-refractivity contribution in [2.45, 2.75) is 25.6 Å². The minimum Gasteiger partial charge on any atom is -0.327 e. The first kappa shape index (κ1) is 16.3. The normalized spacial score (nSPS) is 20.8. The first-order valence-electron chi connectivity index (χ1n) is 7.46. The third kappa shape index (κ3) is 2.70. The number of amides is 2. The molecule has 0 bridgehead atoms. The SMILES string of the molecule is CC(=O)C1=C2C=CCCN2C(=O)NC1c1ccccc1C(F)(F)F. The van der Waals surface area contributed by atoms with Gasteiger partial charge in [-0.15, -0.1) is 0 Å². The number of nitrogens with zero attached hydrogens (tertiary/aromatic N) is 1. The second kappa shape index (κ2) is 5.81. The molecular weight excluding hydrogens is 321 g/mol. The minimum atomic E-state index is -4.58. The molecule has 2 heterocycles. The number of urea groups is 1. The number of rotatable bonds is 2. The number of carbonyl (C=O) groups excluding carboxylic acids is 2. The van der Waals surface area contributed by atoms with Crippen LogP contribution in [-0.4, -0.2) is 23.3 Å². The van der Waals surface area contributed by atoms with Crippen LogP contribution in [0.3, 0.4) is 0 Å². The standard InChI is InChI=1S/C17H15F3N2O2/c1-10(23)14-13-8-4-5-9-22(13)16(24)21-15(14)11-6-2-3-7-12(11)17(18,19)20/h2-4,6-8,15H,5,9H2,1H3,(H,21,24). The summed E-state index contributed by atoms with van der Waals surface area (Å²) in [5.41, 5.74) is -0.445. The maximum absolute atomic E-state index is 13.3. The summed E-state index contributed by atoms with van der Waals surface area (Å²) in [4.78, 5) is 25.8. The Balaban J connectivity index is 2.21. The number of halogens is 3. The third-order valence-electron chi connectivity index (χ3n) is 4.12. The van der Waals surface area contributed by atoms with Gasteiger partial charge in [0, 0.05) is 12.1 Å². The minimum absolute atomic E-state index is 0.130. The largest absolute Gasteiger partial charge is 0.416 e. The van der Waals surface area contributed by atoms with E-state index in [4.69, 9.17) is 0 Å². The number of carbonyl (C=O) groups is 2. The van der Waals surface area contributed by atoms with Crippen LogP contribution in [-0.2, 0) is 11.0 Å². The van der Waals surface area contributed by atoms with Crippen molar-refractivity contribution in [1.82, 2.24) is 10.2 Å². The molecule has 1 N–H and O–H groups in total. The van der Waals surface area contributed by atoms with Gasteiger partial charge in [0.25, 0.3) is 0 Å². The average Bonchev–Trinajstić information content (AvgIpc) is 2.53. The van der Waals surface area contributed by atoms with Crippen LogP contribution in [0.5, 0.6) is 0 Å². The van der Waals surface area contributed by atoms with Gasteiger partial charge >= 0.3 is 12.2 Å². The van der Waals surface area contributed by atoms with Crippen molar-refractivity contribution in [2.24, 2.45) is 0 Å². The Kier molecular flexibility index (Phi) is 3.95. The predicted octanol–water partition coefficient (Wildman–Crippen LogP) is 3.57. The molecule has 0 aromatic heterocycles. The van der Waals surface area contributed by atoms with Crippen LogP contribution < -0.4 is 5.32 Å². The first-order valence-corrected chi connectivity index (χ1v) is 7.46. The van der Waals surface area contributed by atoms with E-state index >= 15 is 0 Å². The number of ketones is 1. The highest BCUT2D eigenvalue weighted by Crippen LogP contribution is 2.39. The lowest BCUT2D eigenvalue weighted by molar-refractivity contribution is -0.138. The van der Waals surface area contributed by atoms with Gasteiger partial charge in [-0.05, 0) is 31.1 Å². The molecule has 7 heteroatoms. The second-order valence-electron chi connectivity index (χ2n) is 5.67. The van der Waals surface area contributed by atoms with Crippen molar-refractivity contribution in [3.05, 3.63) is 58.8 Å². The number of benzene rings is 1. The van der Waals surface area contributed by atoms with Crippen LogP contribution in [0.25, 0.3) is 0 Å². The molecule has 0 radical (unpaired) electrons. The van der Waals surface area contributed by atoms with Gasteiger partial charge in [-0.25, -0.2) is 4.79 Å². The highest BCUT2D eigenvalue weighted by atomic mass is 19.4. The zero-order valence-electron chi connectivity index (χ0n) is 12.9. The Morgan fingerprint density at radius 3 is 2.67 bits per heavy atom. The van der Waals surface area contributed by atoms with E-state index in [1.807, 2.05) is 0 Å². The van der Waals surface area contributed by atoms with Crippen molar-refractivity contribution in [3.8, 4) is 0 Å². The number of fused-ring (bicyclic) bond motifs is 1. The molecule has 0 aliphatic carbocycles. The van der Waals surface area contributed by atoms with Crippen LogP contribution >= 0.6 is 0 Å². The van der Waals surface area contributed by atoms with Crippen molar-refractivity contribution in [3.63, 3.8) is 0 Å². The summed E-state index contributed by atoms with van der Waals surface area (Å²) in [5.74, 6) is -0.372. The van der Waals surface area contributed by atoms with Crippen LogP contribution in [0.1, 0.15) is 30.5 Å². The van der Waals surface area contributed by atoms with Crippen LogP contribution in [0, 0.1) is 0 Å². The zero-order chi connectivity index (χ0) is 17.5. The molecule has 1 aromatic rings.